The summed E-state index contributed by atoms with van der Waals surface area (Å²) in [5.74, 6) is -0.529. The van der Waals surface area contributed by atoms with E-state index in [4.69, 9.17) is 13.8 Å². The molecule has 1 N–H and O–H groups in total. The Bertz CT molecular complexity index is 1640. The standard InChI is InChI=1S/C75H141N2O7P/c1-7-10-13-16-19-22-25-27-29-31-33-35-36-37-38-39-40-42-44-46-48-50-53-56-59-62-65-68-75(79)84-73(66-63-60-57-54-51-24-21-18-15-12-9-3)72(71-83-85(80,81)82-70-69-77(4,5)6)76-74(78)67-64-61-58-55-52-49-47-45-43-41-34-32-30-28-26-23-20-17-14-11-8-2/h19-20,22-23,27-30,63,66,72-73H,7-18,21,24-26,31-62,64-65,67-71H2,1-6H3,(H-,76,78,80,81)/b22-19-,23-20-,29-27-,30-28-,66-63-. The number of quaternary nitrogens is 1. The molecule has 0 aromatic heterocycles. The number of unbranched alkanes of at least 4 members (excludes halogenated alkanes) is 43. The van der Waals surface area contributed by atoms with Crippen molar-refractivity contribution in [2.75, 3.05) is 40.9 Å². The molecule has 0 aromatic rings. The number of nitrogens with zero attached hydrogens (tertiary/aromatic N) is 1. The molecule has 3 atom stereocenters. The van der Waals surface area contributed by atoms with Crippen LogP contribution in [0.2, 0.25) is 0 Å². The predicted octanol–water partition coefficient (Wildman–Crippen LogP) is 22.7. The first-order valence-electron chi connectivity index (χ1n) is 36.6. The summed E-state index contributed by atoms with van der Waals surface area (Å²) in [4.78, 5) is 40.2. The minimum absolute atomic E-state index is 0.0220. The molecule has 0 heterocycles. The minimum atomic E-state index is -4.70. The number of phosphoric acid groups is 1. The number of hydrogen-bond donors (Lipinski definition) is 1. The van der Waals surface area contributed by atoms with E-state index in [1.807, 2.05) is 33.3 Å². The number of ether oxygens (including phenoxy) is 1. The molecule has 0 radical (unpaired) electrons. The van der Waals surface area contributed by atoms with Gasteiger partial charge in [-0.2, -0.15) is 0 Å². The van der Waals surface area contributed by atoms with Crippen molar-refractivity contribution in [3.8, 4) is 0 Å². The first-order valence-corrected chi connectivity index (χ1v) is 38.1. The second-order valence-electron chi connectivity index (χ2n) is 26.1. The fraction of sp³-hybridized carbons (Fsp3) is 0.840. The van der Waals surface area contributed by atoms with Crippen molar-refractivity contribution in [3.05, 3.63) is 60.8 Å². The average Bonchev–Trinajstić information content (AvgIpc) is 3.59. The van der Waals surface area contributed by atoms with E-state index < -0.39 is 20.0 Å². The monoisotopic (exact) mass is 1210 g/mol. The molecule has 0 saturated heterocycles. The fourth-order valence-electron chi connectivity index (χ4n) is 10.8. The number of likely N-dealkylation sites (N-methyl/N-ethyl adjacent to an activating group) is 1. The number of phosphoric ester groups is 1. The second kappa shape index (κ2) is 64.7. The lowest BCUT2D eigenvalue weighted by molar-refractivity contribution is -0.870. The third-order valence-corrected chi connectivity index (χ3v) is 17.4. The van der Waals surface area contributed by atoms with Gasteiger partial charge in [-0.1, -0.05) is 307 Å². The average molecular weight is 1210 g/mol. The summed E-state index contributed by atoms with van der Waals surface area (Å²) in [5, 5.41) is 3.05. The van der Waals surface area contributed by atoms with Crippen molar-refractivity contribution in [2.45, 2.75) is 367 Å². The van der Waals surface area contributed by atoms with Gasteiger partial charge >= 0.3 is 5.97 Å². The van der Waals surface area contributed by atoms with Crippen molar-refractivity contribution >= 4 is 19.7 Å². The SMILES string of the molecule is CCCCC/C=C\C/C=C\CCCCCCCCCCCCCCCCCCCC(=O)OC(/C=C\CCCCCCCCCCC)C(COP(=O)([O-])OCC[N+](C)(C)C)NC(=O)CCCCCCCCCCCCC/C=C\C/C=C\CCCCC. The van der Waals surface area contributed by atoms with Gasteiger partial charge in [-0.15, -0.1) is 0 Å². The van der Waals surface area contributed by atoms with Gasteiger partial charge < -0.3 is 28.5 Å². The van der Waals surface area contributed by atoms with Crippen molar-refractivity contribution in [1.29, 1.82) is 0 Å². The molecule has 0 aliphatic heterocycles. The van der Waals surface area contributed by atoms with Crippen LogP contribution in [0.3, 0.4) is 0 Å². The normalized spacial score (nSPS) is 13.8. The van der Waals surface area contributed by atoms with Crippen molar-refractivity contribution < 1.29 is 37.3 Å². The van der Waals surface area contributed by atoms with E-state index in [1.54, 1.807) is 0 Å². The smallest absolute Gasteiger partial charge is 0.306 e. The molecule has 0 saturated carbocycles. The molecule has 0 aliphatic carbocycles. The molecule has 0 rings (SSSR count). The van der Waals surface area contributed by atoms with Crippen LogP contribution in [0.5, 0.6) is 0 Å². The maximum atomic E-state index is 13.6. The van der Waals surface area contributed by atoms with Gasteiger partial charge in [-0.3, -0.25) is 14.2 Å². The Morgan fingerprint density at radius 1 is 0.412 bits per heavy atom. The Morgan fingerprint density at radius 2 is 0.718 bits per heavy atom. The number of esters is 1. The van der Waals surface area contributed by atoms with Crippen LogP contribution in [-0.2, 0) is 27.9 Å². The molecular weight excluding hydrogens is 1070 g/mol. The second-order valence-corrected chi connectivity index (χ2v) is 27.5. The van der Waals surface area contributed by atoms with Gasteiger partial charge in [0, 0.05) is 12.8 Å². The number of amides is 1. The summed E-state index contributed by atoms with van der Waals surface area (Å²) in [6.45, 7) is 6.83. The van der Waals surface area contributed by atoms with Crippen LogP contribution in [0.25, 0.3) is 0 Å². The molecule has 0 spiro atoms. The molecule has 0 fully saturated rings. The number of rotatable bonds is 67. The number of hydrogen-bond acceptors (Lipinski definition) is 7. The van der Waals surface area contributed by atoms with Crippen LogP contribution in [-0.4, -0.2) is 69.4 Å². The summed E-state index contributed by atoms with van der Waals surface area (Å²) in [6.07, 6.45) is 83.5. The van der Waals surface area contributed by atoms with E-state index in [0.29, 0.717) is 17.4 Å². The van der Waals surface area contributed by atoms with Gasteiger partial charge in [0.05, 0.1) is 33.8 Å². The Balaban J connectivity index is 4.94. The van der Waals surface area contributed by atoms with E-state index in [2.05, 4.69) is 74.7 Å². The minimum Gasteiger partial charge on any atom is -0.756 e. The van der Waals surface area contributed by atoms with Crippen LogP contribution in [0.15, 0.2) is 60.8 Å². The number of nitrogens with one attached hydrogen (secondary N) is 1. The largest absolute Gasteiger partial charge is 0.756 e. The highest BCUT2D eigenvalue weighted by atomic mass is 31.2. The third kappa shape index (κ3) is 66.0. The zero-order valence-corrected chi connectivity index (χ0v) is 58.0. The first-order chi connectivity index (χ1) is 41.4. The highest BCUT2D eigenvalue weighted by Gasteiger charge is 2.27. The quantitative estimate of drug-likeness (QED) is 0.0212. The lowest BCUT2D eigenvalue weighted by atomic mass is 10.0. The molecule has 9 nitrogen and oxygen atoms in total. The lowest BCUT2D eigenvalue weighted by Gasteiger charge is -2.30. The van der Waals surface area contributed by atoms with Gasteiger partial charge in [0.25, 0.3) is 7.82 Å². The molecule has 85 heavy (non-hydrogen) atoms. The van der Waals surface area contributed by atoms with Gasteiger partial charge in [-0.25, -0.2) is 0 Å². The molecule has 3 unspecified atom stereocenters. The lowest BCUT2D eigenvalue weighted by Crippen LogP contribution is -2.47. The van der Waals surface area contributed by atoms with E-state index in [-0.39, 0.29) is 31.5 Å². The van der Waals surface area contributed by atoms with Gasteiger partial charge in [0.1, 0.15) is 19.3 Å². The first kappa shape index (κ1) is 82.7. The van der Waals surface area contributed by atoms with Crippen LogP contribution < -0.4 is 10.2 Å². The summed E-state index contributed by atoms with van der Waals surface area (Å²) in [5.41, 5.74) is 0. The maximum absolute atomic E-state index is 13.6. The molecular formula is C75H141N2O7P. The topological polar surface area (TPSA) is 114 Å². The van der Waals surface area contributed by atoms with E-state index >= 15 is 0 Å². The van der Waals surface area contributed by atoms with Crippen molar-refractivity contribution in [3.63, 3.8) is 0 Å². The Labute approximate surface area is 528 Å². The highest BCUT2D eigenvalue weighted by molar-refractivity contribution is 7.45. The molecule has 0 bridgehead atoms. The number of allylic oxidation sites excluding steroid dienone is 9. The summed E-state index contributed by atoms with van der Waals surface area (Å²) >= 11 is 0. The summed E-state index contributed by atoms with van der Waals surface area (Å²) in [6, 6.07) is -0.889. The van der Waals surface area contributed by atoms with E-state index in [9.17, 15) is 19.0 Å². The number of carbonyl (C=O) groups is 2. The van der Waals surface area contributed by atoms with Gasteiger partial charge in [0.2, 0.25) is 5.91 Å². The van der Waals surface area contributed by atoms with Crippen molar-refractivity contribution in [1.82, 2.24) is 5.32 Å². The van der Waals surface area contributed by atoms with Crippen LogP contribution in [0.4, 0.5) is 0 Å². The molecule has 0 aliphatic rings. The summed E-state index contributed by atoms with van der Waals surface area (Å²) in [7, 11) is 1.19. The molecule has 1 amide bonds. The Hall–Kier alpha value is -2.29. The fourth-order valence-corrected chi connectivity index (χ4v) is 11.5. The van der Waals surface area contributed by atoms with Crippen LogP contribution in [0.1, 0.15) is 355 Å². The maximum Gasteiger partial charge on any atom is 0.306 e. The van der Waals surface area contributed by atoms with Crippen LogP contribution >= 0.6 is 7.82 Å². The third-order valence-electron chi connectivity index (χ3n) is 16.4. The van der Waals surface area contributed by atoms with E-state index in [0.717, 1.165) is 70.6 Å². The van der Waals surface area contributed by atoms with Gasteiger partial charge in [-0.05, 0) is 96.0 Å². The zero-order valence-electron chi connectivity index (χ0n) is 57.1. The molecule has 498 valence electrons. The molecule has 10 heteroatoms. The van der Waals surface area contributed by atoms with Crippen LogP contribution in [0, 0.1) is 0 Å². The number of carbonyl (C=O) groups excluding carboxylic acids is 2. The van der Waals surface area contributed by atoms with Gasteiger partial charge in [0.15, 0.2) is 0 Å². The predicted molar refractivity (Wildman–Crippen MR) is 367 cm³/mol. The zero-order chi connectivity index (χ0) is 62.1. The summed E-state index contributed by atoms with van der Waals surface area (Å²) < 4.78 is 30.5. The molecule has 0 aromatic carbocycles. The Kier molecular flexibility index (Phi) is 62.9. The highest BCUT2D eigenvalue weighted by Crippen LogP contribution is 2.38. The Morgan fingerprint density at radius 3 is 1.08 bits per heavy atom. The van der Waals surface area contributed by atoms with Crippen molar-refractivity contribution in [2.24, 2.45) is 0 Å². The van der Waals surface area contributed by atoms with E-state index in [1.165, 1.54) is 250 Å².